The van der Waals surface area contributed by atoms with E-state index in [1.165, 1.54) is 0 Å². The highest BCUT2D eigenvalue weighted by Crippen LogP contribution is 2.36. The van der Waals surface area contributed by atoms with Crippen LogP contribution in [0.3, 0.4) is 0 Å². The fourth-order valence-electron chi connectivity index (χ4n) is 3.71. The van der Waals surface area contributed by atoms with Gasteiger partial charge in [0.2, 0.25) is 0 Å². The molecule has 176 valence electrons. The Hall–Kier alpha value is -2.32. The van der Waals surface area contributed by atoms with Gasteiger partial charge in [0, 0.05) is 23.4 Å². The minimum atomic E-state index is -1.24. The molecule has 4 aromatic rings. The van der Waals surface area contributed by atoms with Crippen LogP contribution < -0.4 is 0 Å². The number of rotatable bonds is 6. The number of imidazole rings is 1. The number of nitrogens with zero attached hydrogens (tertiary/aromatic N) is 2. The van der Waals surface area contributed by atoms with Crippen LogP contribution in [0.5, 0.6) is 0 Å². The van der Waals surface area contributed by atoms with Gasteiger partial charge >= 0.3 is 0 Å². The van der Waals surface area contributed by atoms with Gasteiger partial charge in [-0.2, -0.15) is 0 Å². The van der Waals surface area contributed by atoms with Gasteiger partial charge in [0.05, 0.1) is 28.0 Å². The standard InChI is InChI=1S/C26H24Cl2N2O3S/c1-26(2,32)24-14-30(25(29-24)19-6-4-5-7-20(19)27)22-11-10-16(12-21(22)28)17-8-9-18(15-31)23(13-17)34(3)33/h4-14,31-32H,15H2,1-3H3. The van der Waals surface area contributed by atoms with E-state index in [0.717, 1.165) is 16.7 Å². The van der Waals surface area contributed by atoms with Gasteiger partial charge in [0.15, 0.2) is 4.90 Å². The van der Waals surface area contributed by atoms with Gasteiger partial charge in [0.1, 0.15) is 17.7 Å². The van der Waals surface area contributed by atoms with Crippen LogP contribution in [-0.2, 0) is 23.4 Å². The summed E-state index contributed by atoms with van der Waals surface area (Å²) >= 11 is 12.0. The summed E-state index contributed by atoms with van der Waals surface area (Å²) in [6.07, 6.45) is 3.35. The normalized spacial score (nSPS) is 12.7. The Morgan fingerprint density at radius 1 is 1.00 bits per heavy atom. The lowest BCUT2D eigenvalue weighted by Crippen LogP contribution is -2.15. The first-order valence-electron chi connectivity index (χ1n) is 10.5. The molecule has 0 bridgehead atoms. The maximum absolute atomic E-state index is 12.1. The molecule has 0 radical (unpaired) electrons. The third kappa shape index (κ3) is 4.89. The Kier molecular flexibility index (Phi) is 7.10. The van der Waals surface area contributed by atoms with E-state index in [2.05, 4.69) is 4.98 Å². The largest absolute Gasteiger partial charge is 0.612 e. The van der Waals surface area contributed by atoms with Crippen LogP contribution in [0, 0.1) is 0 Å². The van der Waals surface area contributed by atoms with Crippen LogP contribution >= 0.6 is 23.2 Å². The monoisotopic (exact) mass is 514 g/mol. The van der Waals surface area contributed by atoms with Crippen molar-refractivity contribution in [3.05, 3.63) is 88.2 Å². The van der Waals surface area contributed by atoms with Crippen molar-refractivity contribution < 1.29 is 14.8 Å². The van der Waals surface area contributed by atoms with Crippen LogP contribution in [0.25, 0.3) is 28.2 Å². The Bertz CT molecular complexity index is 1350. The average Bonchev–Trinajstić information content (AvgIpc) is 3.24. The SMILES string of the molecule is C[S+]([O-])c1cc(-c2ccc(-n3cc(C(C)(C)O)nc3-c3ccccc3Cl)c(Cl)c2)ccc1CO. The highest BCUT2D eigenvalue weighted by molar-refractivity contribution is 7.90. The van der Waals surface area contributed by atoms with Crippen LogP contribution in [0.1, 0.15) is 25.1 Å². The fraction of sp³-hybridized carbons (Fsp3) is 0.192. The van der Waals surface area contributed by atoms with E-state index in [0.29, 0.717) is 37.7 Å². The van der Waals surface area contributed by atoms with E-state index >= 15 is 0 Å². The molecule has 1 unspecified atom stereocenters. The number of halogens is 2. The number of hydrogen-bond acceptors (Lipinski definition) is 4. The number of aliphatic hydroxyl groups excluding tert-OH is 1. The molecule has 1 heterocycles. The smallest absolute Gasteiger partial charge is 0.158 e. The Morgan fingerprint density at radius 2 is 1.68 bits per heavy atom. The van der Waals surface area contributed by atoms with E-state index in [1.807, 2.05) is 53.1 Å². The Morgan fingerprint density at radius 3 is 2.29 bits per heavy atom. The Labute approximate surface area is 211 Å². The minimum Gasteiger partial charge on any atom is -0.612 e. The summed E-state index contributed by atoms with van der Waals surface area (Å²) in [5.74, 6) is 0.563. The predicted octanol–water partition coefficient (Wildman–Crippen LogP) is 5.97. The second-order valence-corrected chi connectivity index (χ2v) is 10.6. The third-order valence-corrected chi connectivity index (χ3v) is 7.17. The van der Waals surface area contributed by atoms with Gasteiger partial charge in [-0.15, -0.1) is 0 Å². The lowest BCUT2D eigenvalue weighted by atomic mass is 10.0. The molecule has 1 atom stereocenters. The van der Waals surface area contributed by atoms with Gasteiger partial charge in [-0.3, -0.25) is 4.57 Å². The molecule has 8 heteroatoms. The average molecular weight is 515 g/mol. The molecule has 0 aliphatic carbocycles. The molecular weight excluding hydrogens is 491 g/mol. The summed E-state index contributed by atoms with van der Waals surface area (Å²) in [5.41, 5.74) is 3.03. The van der Waals surface area contributed by atoms with Crippen molar-refractivity contribution in [2.45, 2.75) is 31.0 Å². The van der Waals surface area contributed by atoms with Crippen LogP contribution in [0.4, 0.5) is 0 Å². The zero-order valence-corrected chi connectivity index (χ0v) is 21.2. The molecule has 34 heavy (non-hydrogen) atoms. The van der Waals surface area contributed by atoms with E-state index < -0.39 is 16.8 Å². The summed E-state index contributed by atoms with van der Waals surface area (Å²) in [7, 11) is 0. The molecule has 4 rings (SSSR count). The molecule has 0 spiro atoms. The number of aromatic nitrogens is 2. The summed E-state index contributed by atoms with van der Waals surface area (Å²) in [6.45, 7) is 3.17. The van der Waals surface area contributed by atoms with E-state index in [-0.39, 0.29) is 6.61 Å². The van der Waals surface area contributed by atoms with Crippen molar-refractivity contribution in [2.24, 2.45) is 0 Å². The maximum atomic E-state index is 12.1. The first kappa shape index (κ1) is 24.8. The topological polar surface area (TPSA) is 81.3 Å². The van der Waals surface area contributed by atoms with Gasteiger partial charge in [-0.05, 0) is 60.4 Å². The van der Waals surface area contributed by atoms with Crippen molar-refractivity contribution in [1.29, 1.82) is 0 Å². The summed E-state index contributed by atoms with van der Waals surface area (Å²) in [5, 5.41) is 21.1. The first-order chi connectivity index (χ1) is 16.1. The van der Waals surface area contributed by atoms with Gasteiger partial charge in [0.25, 0.3) is 0 Å². The fourth-order valence-corrected chi connectivity index (χ4v) is 4.99. The number of benzene rings is 3. The summed E-state index contributed by atoms with van der Waals surface area (Å²) in [4.78, 5) is 5.26. The van der Waals surface area contributed by atoms with E-state index in [1.54, 1.807) is 38.4 Å². The molecule has 0 aliphatic heterocycles. The third-order valence-electron chi connectivity index (χ3n) is 5.54. The van der Waals surface area contributed by atoms with Gasteiger partial charge in [-0.1, -0.05) is 53.5 Å². The second kappa shape index (κ2) is 9.74. The van der Waals surface area contributed by atoms with E-state index in [9.17, 15) is 14.8 Å². The van der Waals surface area contributed by atoms with Gasteiger partial charge < -0.3 is 14.8 Å². The van der Waals surface area contributed by atoms with Crippen LogP contribution in [0.15, 0.2) is 71.8 Å². The first-order valence-corrected chi connectivity index (χ1v) is 12.9. The Balaban J connectivity index is 1.84. The molecule has 0 fully saturated rings. The summed E-state index contributed by atoms with van der Waals surface area (Å²) in [6, 6.07) is 18.4. The molecule has 0 saturated carbocycles. The molecule has 0 saturated heterocycles. The molecule has 0 aliphatic rings. The lowest BCUT2D eigenvalue weighted by Gasteiger charge is -2.14. The molecule has 0 amide bonds. The van der Waals surface area contributed by atoms with Crippen molar-refractivity contribution in [1.82, 2.24) is 9.55 Å². The molecule has 2 N–H and O–H groups in total. The highest BCUT2D eigenvalue weighted by Gasteiger charge is 2.24. The maximum Gasteiger partial charge on any atom is 0.158 e. The van der Waals surface area contributed by atoms with Crippen molar-refractivity contribution >= 4 is 34.4 Å². The second-order valence-electron chi connectivity index (χ2n) is 8.46. The van der Waals surface area contributed by atoms with Crippen molar-refractivity contribution in [2.75, 3.05) is 6.26 Å². The molecule has 1 aromatic heterocycles. The zero-order chi connectivity index (χ0) is 24.6. The number of hydrogen-bond donors (Lipinski definition) is 2. The van der Waals surface area contributed by atoms with Crippen LogP contribution in [-0.4, -0.2) is 30.6 Å². The highest BCUT2D eigenvalue weighted by atomic mass is 35.5. The number of aliphatic hydroxyl groups is 2. The quantitative estimate of drug-likeness (QED) is 0.310. The van der Waals surface area contributed by atoms with Gasteiger partial charge in [-0.25, -0.2) is 4.98 Å². The van der Waals surface area contributed by atoms with E-state index in [4.69, 9.17) is 23.2 Å². The predicted molar refractivity (Wildman–Crippen MR) is 138 cm³/mol. The van der Waals surface area contributed by atoms with Crippen LogP contribution in [0.2, 0.25) is 10.0 Å². The zero-order valence-electron chi connectivity index (χ0n) is 18.9. The molecule has 3 aromatic carbocycles. The minimum absolute atomic E-state index is 0.177. The van der Waals surface area contributed by atoms with Crippen molar-refractivity contribution in [3.8, 4) is 28.2 Å². The molecular formula is C26H24Cl2N2O3S. The lowest BCUT2D eigenvalue weighted by molar-refractivity contribution is 0.0743. The van der Waals surface area contributed by atoms with Crippen molar-refractivity contribution in [3.63, 3.8) is 0 Å². The summed E-state index contributed by atoms with van der Waals surface area (Å²) < 4.78 is 14.0. The molecule has 5 nitrogen and oxygen atoms in total.